The molecule has 4 nitrogen and oxygen atoms in total. The van der Waals surface area contributed by atoms with Crippen molar-refractivity contribution in [3.63, 3.8) is 0 Å². The van der Waals surface area contributed by atoms with E-state index in [0.717, 1.165) is 0 Å². The van der Waals surface area contributed by atoms with Crippen LogP contribution in [0.3, 0.4) is 0 Å². The Kier molecular flexibility index (Phi) is 6.81. The van der Waals surface area contributed by atoms with Crippen molar-refractivity contribution in [2.24, 2.45) is 5.92 Å². The first-order valence-corrected chi connectivity index (χ1v) is 11.5. The second-order valence-electron chi connectivity index (χ2n) is 7.48. The van der Waals surface area contributed by atoms with Crippen molar-refractivity contribution in [1.82, 2.24) is 0 Å². The number of rotatable bonds is 5. The van der Waals surface area contributed by atoms with Crippen molar-refractivity contribution in [1.29, 1.82) is 0 Å². The lowest BCUT2D eigenvalue weighted by atomic mass is 10.1. The number of amides is 2. The van der Waals surface area contributed by atoms with E-state index >= 15 is 0 Å². The van der Waals surface area contributed by atoms with Gasteiger partial charge in [0.1, 0.15) is 10.2 Å². The Morgan fingerprint density at radius 3 is 2.18 bits per heavy atom. The highest BCUT2D eigenvalue weighted by Crippen LogP contribution is 2.65. The standard InChI is InChI=1S/C23H14Cl5FN2O2/c24-12-6-11(7-13(25)8-12)19-20(23(19,27)28)22(33)31-16-4-5-18(26)17(10-16)21(32)30-15-3-1-2-14(29)9-15/h1-10,19-20H,(H,30,32)(H,31,33)/t19-,20+/m1/s1. The maximum Gasteiger partial charge on any atom is 0.257 e. The van der Waals surface area contributed by atoms with Crippen LogP contribution in [-0.4, -0.2) is 16.1 Å². The lowest BCUT2D eigenvalue weighted by Gasteiger charge is -2.10. The van der Waals surface area contributed by atoms with Gasteiger partial charge >= 0.3 is 0 Å². The van der Waals surface area contributed by atoms with Crippen LogP contribution < -0.4 is 10.6 Å². The van der Waals surface area contributed by atoms with Crippen LogP contribution in [0.25, 0.3) is 0 Å². The van der Waals surface area contributed by atoms with E-state index in [2.05, 4.69) is 10.6 Å². The van der Waals surface area contributed by atoms with Gasteiger partial charge in [-0.2, -0.15) is 0 Å². The molecule has 2 atom stereocenters. The van der Waals surface area contributed by atoms with E-state index in [4.69, 9.17) is 58.0 Å². The van der Waals surface area contributed by atoms with E-state index in [9.17, 15) is 14.0 Å². The minimum Gasteiger partial charge on any atom is -0.326 e. The lowest BCUT2D eigenvalue weighted by molar-refractivity contribution is -0.117. The van der Waals surface area contributed by atoms with Gasteiger partial charge in [-0.05, 0) is 60.2 Å². The summed E-state index contributed by atoms with van der Waals surface area (Å²) in [7, 11) is 0. The van der Waals surface area contributed by atoms with Crippen LogP contribution in [0, 0.1) is 11.7 Å². The third-order valence-electron chi connectivity index (χ3n) is 5.14. The zero-order valence-electron chi connectivity index (χ0n) is 16.5. The molecule has 0 saturated heterocycles. The number of hydrogen-bond acceptors (Lipinski definition) is 2. The normalized spacial score (nSPS) is 18.5. The number of hydrogen-bond donors (Lipinski definition) is 2. The number of halogens is 6. The van der Waals surface area contributed by atoms with E-state index in [1.807, 2.05) is 0 Å². The van der Waals surface area contributed by atoms with Crippen molar-refractivity contribution in [3.8, 4) is 0 Å². The molecule has 4 rings (SSSR count). The summed E-state index contributed by atoms with van der Waals surface area (Å²) in [4.78, 5) is 25.6. The third-order valence-corrected chi connectivity index (χ3v) is 6.85. The van der Waals surface area contributed by atoms with E-state index in [0.29, 0.717) is 21.3 Å². The van der Waals surface area contributed by atoms with Crippen LogP contribution in [0.2, 0.25) is 15.1 Å². The van der Waals surface area contributed by atoms with Gasteiger partial charge in [-0.25, -0.2) is 4.39 Å². The second-order valence-corrected chi connectivity index (χ2v) is 10.2. The minimum absolute atomic E-state index is 0.0932. The Morgan fingerprint density at radius 2 is 1.52 bits per heavy atom. The molecule has 1 fully saturated rings. The predicted octanol–water partition coefficient (Wildman–Crippen LogP) is 7.56. The SMILES string of the molecule is O=C(Nc1cccc(F)c1)c1cc(NC(=O)[C@@H]2[C@@H](c3cc(Cl)cc(Cl)c3)C2(Cl)Cl)ccc1Cl. The fourth-order valence-corrected chi connectivity index (χ4v) is 5.16. The molecule has 1 aliphatic carbocycles. The third kappa shape index (κ3) is 5.23. The Hall–Kier alpha value is -2.02. The number of nitrogens with one attached hydrogen (secondary N) is 2. The van der Waals surface area contributed by atoms with Gasteiger partial charge < -0.3 is 10.6 Å². The molecule has 0 aliphatic heterocycles. The van der Waals surface area contributed by atoms with Crippen LogP contribution in [0.1, 0.15) is 21.8 Å². The Morgan fingerprint density at radius 1 is 0.848 bits per heavy atom. The van der Waals surface area contributed by atoms with Gasteiger partial charge in [-0.3, -0.25) is 9.59 Å². The molecule has 2 N–H and O–H groups in total. The summed E-state index contributed by atoms with van der Waals surface area (Å²) in [6.07, 6.45) is 0. The number of alkyl halides is 2. The lowest BCUT2D eigenvalue weighted by Crippen LogP contribution is -2.18. The Bertz CT molecular complexity index is 1250. The maximum atomic E-state index is 13.4. The first-order chi connectivity index (χ1) is 15.6. The number of benzene rings is 3. The predicted molar refractivity (Wildman–Crippen MR) is 132 cm³/mol. The second kappa shape index (κ2) is 9.32. The molecule has 0 unspecified atom stereocenters. The highest BCUT2D eigenvalue weighted by atomic mass is 35.5. The highest BCUT2D eigenvalue weighted by Gasteiger charge is 2.67. The molecule has 3 aromatic rings. The summed E-state index contributed by atoms with van der Waals surface area (Å²) < 4.78 is 12.0. The molecular weight excluding hydrogens is 533 g/mol. The van der Waals surface area contributed by atoms with E-state index in [1.54, 1.807) is 18.2 Å². The van der Waals surface area contributed by atoms with Crippen LogP contribution in [0.15, 0.2) is 60.7 Å². The van der Waals surface area contributed by atoms with Gasteiger partial charge in [0.2, 0.25) is 5.91 Å². The summed E-state index contributed by atoms with van der Waals surface area (Å²) in [5.74, 6) is -2.79. The van der Waals surface area contributed by atoms with Crippen LogP contribution in [0.5, 0.6) is 0 Å². The number of anilines is 2. The molecule has 0 spiro atoms. The quantitative estimate of drug-likeness (QED) is 0.325. The molecule has 170 valence electrons. The molecule has 0 radical (unpaired) electrons. The molecule has 1 aliphatic rings. The fraction of sp³-hybridized carbons (Fsp3) is 0.130. The minimum atomic E-state index is -1.35. The van der Waals surface area contributed by atoms with Gasteiger partial charge in [0, 0.05) is 27.3 Å². The Balaban J connectivity index is 1.51. The summed E-state index contributed by atoms with van der Waals surface area (Å²) in [6.45, 7) is 0. The van der Waals surface area contributed by atoms with E-state index < -0.39 is 33.8 Å². The summed E-state index contributed by atoms with van der Waals surface area (Å²) in [5, 5.41) is 6.24. The first kappa shape index (κ1) is 24.1. The topological polar surface area (TPSA) is 58.2 Å². The zero-order valence-corrected chi connectivity index (χ0v) is 20.3. The van der Waals surface area contributed by atoms with E-state index in [-0.39, 0.29) is 16.3 Å². The molecule has 2 amide bonds. The molecule has 3 aromatic carbocycles. The van der Waals surface area contributed by atoms with Crippen LogP contribution in [0.4, 0.5) is 15.8 Å². The van der Waals surface area contributed by atoms with Crippen molar-refractivity contribution in [3.05, 3.63) is 92.7 Å². The van der Waals surface area contributed by atoms with Crippen LogP contribution in [-0.2, 0) is 4.79 Å². The van der Waals surface area contributed by atoms with Crippen LogP contribution >= 0.6 is 58.0 Å². The molecule has 33 heavy (non-hydrogen) atoms. The van der Waals surface area contributed by atoms with Gasteiger partial charge in [0.15, 0.2) is 0 Å². The highest BCUT2D eigenvalue weighted by molar-refractivity contribution is 6.53. The van der Waals surface area contributed by atoms with Crippen molar-refractivity contribution in [2.45, 2.75) is 10.3 Å². The van der Waals surface area contributed by atoms with Gasteiger partial charge in [0.05, 0.1) is 16.5 Å². The first-order valence-electron chi connectivity index (χ1n) is 9.57. The summed E-state index contributed by atoms with van der Waals surface area (Å²) in [5.41, 5.74) is 1.31. The van der Waals surface area contributed by atoms with Crippen molar-refractivity contribution >= 4 is 81.2 Å². The molecule has 0 aromatic heterocycles. The van der Waals surface area contributed by atoms with Crippen molar-refractivity contribution < 1.29 is 14.0 Å². The Labute approximate surface area is 213 Å². The number of carbonyl (C=O) groups excluding carboxylic acids is 2. The smallest absolute Gasteiger partial charge is 0.257 e. The monoisotopic (exact) mass is 544 g/mol. The molecule has 1 saturated carbocycles. The molecule has 0 heterocycles. The average Bonchev–Trinajstić information content (AvgIpc) is 3.31. The summed E-state index contributed by atoms with van der Waals surface area (Å²) in [6, 6.07) is 14.7. The summed E-state index contributed by atoms with van der Waals surface area (Å²) >= 11 is 31.1. The van der Waals surface area contributed by atoms with Gasteiger partial charge in [-0.15, -0.1) is 23.2 Å². The average molecular weight is 547 g/mol. The molecule has 10 heteroatoms. The van der Waals surface area contributed by atoms with E-state index in [1.165, 1.54) is 42.5 Å². The van der Waals surface area contributed by atoms with Gasteiger partial charge in [-0.1, -0.05) is 40.9 Å². The zero-order chi connectivity index (χ0) is 23.9. The van der Waals surface area contributed by atoms with Crippen molar-refractivity contribution in [2.75, 3.05) is 10.6 Å². The molecule has 0 bridgehead atoms. The maximum absolute atomic E-state index is 13.4. The largest absolute Gasteiger partial charge is 0.326 e. The van der Waals surface area contributed by atoms with Gasteiger partial charge in [0.25, 0.3) is 5.91 Å². The fourth-order valence-electron chi connectivity index (χ4n) is 3.58. The number of carbonyl (C=O) groups is 2. The molecular formula is C23H14Cl5FN2O2.